The van der Waals surface area contributed by atoms with Gasteiger partial charge in [0.05, 0.1) is 5.02 Å². The zero-order valence-corrected chi connectivity index (χ0v) is 12.7. The van der Waals surface area contributed by atoms with Crippen LogP contribution in [-0.4, -0.2) is 12.0 Å². The molecule has 1 N–H and O–H groups in total. The first-order valence-corrected chi connectivity index (χ1v) is 6.87. The van der Waals surface area contributed by atoms with E-state index in [9.17, 15) is 0 Å². The van der Waals surface area contributed by atoms with Gasteiger partial charge in [0.1, 0.15) is 5.75 Å². The van der Waals surface area contributed by atoms with Gasteiger partial charge in [0.2, 0.25) is 5.88 Å². The number of pyridine rings is 1. The molecule has 1 aromatic carbocycles. The first-order valence-electron chi connectivity index (χ1n) is 5.41. The Morgan fingerprint density at radius 2 is 2.22 bits per heavy atom. The Bertz CT molecular complexity index is 548. The fourth-order valence-electron chi connectivity index (χ4n) is 1.49. The van der Waals surface area contributed by atoms with E-state index < -0.39 is 0 Å². The molecular weight excluding hydrogens is 363 g/mol. The molecule has 1 aromatic heterocycles. The maximum atomic E-state index is 6.04. The smallest absolute Gasteiger partial charge is 0.219 e. The number of benzene rings is 1. The van der Waals surface area contributed by atoms with E-state index in [4.69, 9.17) is 16.3 Å². The Labute approximate surface area is 125 Å². The van der Waals surface area contributed by atoms with Gasteiger partial charge in [-0.05, 0) is 53.4 Å². The van der Waals surface area contributed by atoms with Gasteiger partial charge in [-0.25, -0.2) is 4.98 Å². The fourth-order valence-corrected chi connectivity index (χ4v) is 2.18. The van der Waals surface area contributed by atoms with Crippen molar-refractivity contribution in [3.05, 3.63) is 50.7 Å². The van der Waals surface area contributed by atoms with Crippen molar-refractivity contribution in [3.63, 3.8) is 0 Å². The summed E-state index contributed by atoms with van der Waals surface area (Å²) in [6.45, 7) is 0.685. The van der Waals surface area contributed by atoms with Crippen LogP contribution in [0.1, 0.15) is 5.56 Å². The second-order valence-electron chi connectivity index (χ2n) is 3.70. The van der Waals surface area contributed by atoms with E-state index in [0.29, 0.717) is 17.4 Å². The van der Waals surface area contributed by atoms with Crippen LogP contribution in [0.15, 0.2) is 36.5 Å². The minimum Gasteiger partial charge on any atom is -0.439 e. The van der Waals surface area contributed by atoms with Gasteiger partial charge in [0, 0.05) is 22.4 Å². The van der Waals surface area contributed by atoms with Crippen molar-refractivity contribution in [1.82, 2.24) is 10.3 Å². The summed E-state index contributed by atoms with van der Waals surface area (Å²) in [7, 11) is 1.87. The third-order valence-corrected chi connectivity index (χ3v) is 3.31. The van der Waals surface area contributed by atoms with Crippen molar-refractivity contribution in [1.29, 1.82) is 0 Å². The van der Waals surface area contributed by atoms with Crippen LogP contribution in [0.2, 0.25) is 5.02 Å². The normalized spacial score (nSPS) is 10.4. The van der Waals surface area contributed by atoms with Gasteiger partial charge in [-0.1, -0.05) is 17.7 Å². The summed E-state index contributed by atoms with van der Waals surface area (Å²) in [5.41, 5.74) is 0.967. The molecule has 0 radical (unpaired) electrons. The standard InChI is InChI=1S/C13H12ClIN2O/c1-16-7-9-5-13(17-8-12(9)14)18-11-4-2-3-10(15)6-11/h2-6,8,16H,7H2,1H3. The molecule has 3 nitrogen and oxygen atoms in total. The number of nitrogens with one attached hydrogen (secondary N) is 1. The third kappa shape index (κ3) is 3.57. The Balaban J connectivity index is 2.21. The highest BCUT2D eigenvalue weighted by molar-refractivity contribution is 14.1. The predicted octanol–water partition coefficient (Wildman–Crippen LogP) is 3.85. The van der Waals surface area contributed by atoms with Crippen molar-refractivity contribution in [2.75, 3.05) is 7.05 Å². The lowest BCUT2D eigenvalue weighted by atomic mass is 10.2. The van der Waals surface area contributed by atoms with Crippen molar-refractivity contribution in [2.45, 2.75) is 6.54 Å². The van der Waals surface area contributed by atoms with Crippen LogP contribution >= 0.6 is 34.2 Å². The molecule has 1 heterocycles. The molecule has 0 saturated carbocycles. The quantitative estimate of drug-likeness (QED) is 0.826. The summed E-state index contributed by atoms with van der Waals surface area (Å²) in [5.74, 6) is 1.32. The largest absolute Gasteiger partial charge is 0.439 e. The lowest BCUT2D eigenvalue weighted by molar-refractivity contribution is 0.461. The Kier molecular flexibility index (Phi) is 4.79. The number of halogens is 2. The molecule has 18 heavy (non-hydrogen) atoms. The number of ether oxygens (including phenoxy) is 1. The van der Waals surface area contributed by atoms with Gasteiger partial charge in [0.15, 0.2) is 0 Å². The van der Waals surface area contributed by atoms with Crippen molar-refractivity contribution in [3.8, 4) is 11.6 Å². The molecule has 0 aliphatic rings. The highest BCUT2D eigenvalue weighted by Gasteiger charge is 2.05. The van der Waals surface area contributed by atoms with Crippen LogP contribution in [0.3, 0.4) is 0 Å². The fraction of sp³-hybridized carbons (Fsp3) is 0.154. The molecule has 0 spiro atoms. The van der Waals surface area contributed by atoms with E-state index in [0.717, 1.165) is 14.9 Å². The molecule has 0 aliphatic heterocycles. The zero-order valence-electron chi connectivity index (χ0n) is 9.78. The second-order valence-corrected chi connectivity index (χ2v) is 5.36. The second kappa shape index (κ2) is 6.36. The lowest BCUT2D eigenvalue weighted by Crippen LogP contribution is -2.06. The maximum absolute atomic E-state index is 6.04. The van der Waals surface area contributed by atoms with Crippen LogP contribution < -0.4 is 10.1 Å². The summed E-state index contributed by atoms with van der Waals surface area (Å²) in [5, 5.41) is 3.69. The highest BCUT2D eigenvalue weighted by Crippen LogP contribution is 2.24. The molecule has 2 rings (SSSR count). The minimum absolute atomic E-state index is 0.548. The highest BCUT2D eigenvalue weighted by atomic mass is 127. The Morgan fingerprint density at radius 3 is 2.94 bits per heavy atom. The molecule has 0 fully saturated rings. The number of aromatic nitrogens is 1. The third-order valence-electron chi connectivity index (χ3n) is 2.30. The first kappa shape index (κ1) is 13.6. The molecule has 0 unspecified atom stereocenters. The van der Waals surface area contributed by atoms with Crippen LogP contribution in [0, 0.1) is 3.57 Å². The van der Waals surface area contributed by atoms with Crippen molar-refractivity contribution in [2.24, 2.45) is 0 Å². The van der Waals surface area contributed by atoms with E-state index in [1.54, 1.807) is 6.20 Å². The Hall–Kier alpha value is -0.850. The Morgan fingerprint density at radius 1 is 1.39 bits per heavy atom. The molecular formula is C13H12ClIN2O. The number of hydrogen-bond donors (Lipinski definition) is 1. The van der Waals surface area contributed by atoms with Crippen molar-refractivity contribution < 1.29 is 4.74 Å². The summed E-state index contributed by atoms with van der Waals surface area (Å²) in [6.07, 6.45) is 1.61. The van der Waals surface area contributed by atoms with E-state index in [1.807, 2.05) is 37.4 Å². The van der Waals surface area contributed by atoms with E-state index in [-0.39, 0.29) is 0 Å². The summed E-state index contributed by atoms with van der Waals surface area (Å²) < 4.78 is 6.82. The van der Waals surface area contributed by atoms with Crippen LogP contribution in [0.4, 0.5) is 0 Å². The number of hydrogen-bond acceptors (Lipinski definition) is 3. The topological polar surface area (TPSA) is 34.1 Å². The van der Waals surface area contributed by atoms with E-state index in [1.165, 1.54) is 0 Å². The maximum Gasteiger partial charge on any atom is 0.219 e. The molecule has 0 bridgehead atoms. The van der Waals surface area contributed by atoms with Crippen LogP contribution in [0.5, 0.6) is 11.6 Å². The van der Waals surface area contributed by atoms with Crippen LogP contribution in [-0.2, 0) is 6.54 Å². The van der Waals surface area contributed by atoms with Crippen molar-refractivity contribution >= 4 is 34.2 Å². The van der Waals surface area contributed by atoms with Gasteiger partial charge in [0.25, 0.3) is 0 Å². The summed E-state index contributed by atoms with van der Waals surface area (Å²) >= 11 is 8.29. The molecule has 2 aromatic rings. The number of rotatable bonds is 4. The van der Waals surface area contributed by atoms with Gasteiger partial charge in [-0.15, -0.1) is 0 Å². The molecule has 0 aliphatic carbocycles. The minimum atomic E-state index is 0.548. The van der Waals surface area contributed by atoms with Gasteiger partial charge >= 0.3 is 0 Å². The summed E-state index contributed by atoms with van der Waals surface area (Å²) in [6, 6.07) is 9.65. The molecule has 0 amide bonds. The predicted molar refractivity (Wildman–Crippen MR) is 81.2 cm³/mol. The zero-order chi connectivity index (χ0) is 13.0. The van der Waals surface area contributed by atoms with Gasteiger partial charge in [-0.2, -0.15) is 0 Å². The van der Waals surface area contributed by atoms with E-state index >= 15 is 0 Å². The molecule has 5 heteroatoms. The average Bonchev–Trinajstić information content (AvgIpc) is 2.34. The number of nitrogens with zero attached hydrogens (tertiary/aromatic N) is 1. The molecule has 0 saturated heterocycles. The first-order chi connectivity index (χ1) is 8.69. The SMILES string of the molecule is CNCc1cc(Oc2cccc(I)c2)ncc1Cl. The van der Waals surface area contributed by atoms with Crippen LogP contribution in [0.25, 0.3) is 0 Å². The van der Waals surface area contributed by atoms with Gasteiger partial charge < -0.3 is 10.1 Å². The van der Waals surface area contributed by atoms with E-state index in [2.05, 4.69) is 32.9 Å². The average molecular weight is 375 g/mol. The molecule has 0 atom stereocenters. The molecule has 94 valence electrons. The monoisotopic (exact) mass is 374 g/mol. The van der Waals surface area contributed by atoms with Gasteiger partial charge in [-0.3, -0.25) is 0 Å². The summed E-state index contributed by atoms with van der Waals surface area (Å²) in [4.78, 5) is 4.16. The lowest BCUT2D eigenvalue weighted by Gasteiger charge is -2.08.